The predicted octanol–water partition coefficient (Wildman–Crippen LogP) is 3.25. The Morgan fingerprint density at radius 1 is 1.33 bits per heavy atom. The van der Waals surface area contributed by atoms with Crippen molar-refractivity contribution in [2.75, 3.05) is 11.1 Å². The van der Waals surface area contributed by atoms with Crippen molar-refractivity contribution in [2.45, 2.75) is 24.9 Å². The first-order valence-electron chi connectivity index (χ1n) is 7.21. The van der Waals surface area contributed by atoms with Gasteiger partial charge in [-0.15, -0.1) is 31.7 Å². The molecule has 0 bridgehead atoms. The van der Waals surface area contributed by atoms with E-state index in [9.17, 15) is 4.79 Å². The number of rotatable bonds is 6. The second kappa shape index (κ2) is 7.41. The summed E-state index contributed by atoms with van der Waals surface area (Å²) in [4.78, 5) is 13.2. The Balaban J connectivity index is 1.65. The monoisotopic (exact) mass is 380 g/mol. The number of anilines is 1. The average Bonchev–Trinajstić information content (AvgIpc) is 3.26. The number of carbonyl (C=O) groups is 1. The molecule has 3 rings (SSSR count). The first-order valence-corrected chi connectivity index (χ1v) is 9.96. The zero-order chi connectivity index (χ0) is 17.1. The second-order valence-corrected chi connectivity index (χ2v) is 8.06. The van der Waals surface area contributed by atoms with Gasteiger partial charge in [0.1, 0.15) is 5.51 Å². The third kappa shape index (κ3) is 3.82. The van der Waals surface area contributed by atoms with Crippen molar-refractivity contribution in [3.05, 3.63) is 21.8 Å². The smallest absolute Gasteiger partial charge is 0.236 e. The SMILES string of the molecule is CC(C)c1cc(-c2nnc(SCC(=O)Nc3nncs3)n2C)cs1. The van der Waals surface area contributed by atoms with Crippen LogP contribution in [-0.4, -0.2) is 36.6 Å². The summed E-state index contributed by atoms with van der Waals surface area (Å²) in [5.41, 5.74) is 2.63. The minimum atomic E-state index is -0.140. The van der Waals surface area contributed by atoms with Gasteiger partial charge in [-0.25, -0.2) is 0 Å². The predicted molar refractivity (Wildman–Crippen MR) is 97.7 cm³/mol. The van der Waals surface area contributed by atoms with Gasteiger partial charge in [0.05, 0.1) is 5.75 Å². The maximum atomic E-state index is 11.9. The van der Waals surface area contributed by atoms with Crippen molar-refractivity contribution in [1.29, 1.82) is 0 Å². The summed E-state index contributed by atoms with van der Waals surface area (Å²) in [7, 11) is 1.91. The molecule has 1 amide bonds. The Labute approximate surface area is 151 Å². The Morgan fingerprint density at radius 2 is 2.17 bits per heavy atom. The molecule has 3 heterocycles. The molecule has 126 valence electrons. The minimum Gasteiger partial charge on any atom is -0.305 e. The number of thioether (sulfide) groups is 1. The van der Waals surface area contributed by atoms with Crippen LogP contribution in [0.5, 0.6) is 0 Å². The van der Waals surface area contributed by atoms with Gasteiger partial charge in [-0.05, 0) is 12.0 Å². The largest absolute Gasteiger partial charge is 0.305 e. The number of amides is 1. The Morgan fingerprint density at radius 3 is 2.83 bits per heavy atom. The van der Waals surface area contributed by atoms with E-state index < -0.39 is 0 Å². The molecular weight excluding hydrogens is 364 g/mol. The zero-order valence-corrected chi connectivity index (χ0v) is 15.8. The molecule has 0 aliphatic rings. The topological polar surface area (TPSA) is 85.6 Å². The molecule has 0 aliphatic carbocycles. The quantitative estimate of drug-likeness (QED) is 0.661. The van der Waals surface area contributed by atoms with Gasteiger partial charge in [0.15, 0.2) is 11.0 Å². The third-order valence-electron chi connectivity index (χ3n) is 3.22. The number of aromatic nitrogens is 5. The van der Waals surface area contributed by atoms with Crippen LogP contribution in [0.3, 0.4) is 0 Å². The van der Waals surface area contributed by atoms with E-state index in [1.165, 1.54) is 28.0 Å². The van der Waals surface area contributed by atoms with Crippen molar-refractivity contribution < 1.29 is 4.79 Å². The highest BCUT2D eigenvalue weighted by atomic mass is 32.2. The molecule has 24 heavy (non-hydrogen) atoms. The molecule has 0 fully saturated rings. The lowest BCUT2D eigenvalue weighted by atomic mass is 10.1. The van der Waals surface area contributed by atoms with Crippen molar-refractivity contribution in [3.63, 3.8) is 0 Å². The maximum Gasteiger partial charge on any atom is 0.236 e. The van der Waals surface area contributed by atoms with Gasteiger partial charge in [0, 0.05) is 22.9 Å². The van der Waals surface area contributed by atoms with Crippen LogP contribution in [0.1, 0.15) is 24.6 Å². The Kier molecular flexibility index (Phi) is 5.27. The lowest BCUT2D eigenvalue weighted by molar-refractivity contribution is -0.113. The number of nitrogens with zero attached hydrogens (tertiary/aromatic N) is 5. The summed E-state index contributed by atoms with van der Waals surface area (Å²) in [5.74, 6) is 1.41. The molecule has 0 atom stereocenters. The molecule has 0 aliphatic heterocycles. The van der Waals surface area contributed by atoms with Crippen molar-refractivity contribution >= 4 is 45.5 Å². The van der Waals surface area contributed by atoms with Gasteiger partial charge in [0.25, 0.3) is 0 Å². The van der Waals surface area contributed by atoms with Crippen LogP contribution >= 0.6 is 34.4 Å². The van der Waals surface area contributed by atoms with Gasteiger partial charge in [0.2, 0.25) is 11.0 Å². The summed E-state index contributed by atoms with van der Waals surface area (Å²) in [6.07, 6.45) is 0. The minimum absolute atomic E-state index is 0.140. The number of hydrogen-bond acceptors (Lipinski definition) is 8. The van der Waals surface area contributed by atoms with Crippen molar-refractivity contribution in [1.82, 2.24) is 25.0 Å². The van der Waals surface area contributed by atoms with Crippen LogP contribution in [0.15, 0.2) is 22.1 Å². The summed E-state index contributed by atoms with van der Waals surface area (Å²) < 4.78 is 1.91. The van der Waals surface area contributed by atoms with E-state index >= 15 is 0 Å². The molecular formula is C14H16N6OS3. The number of carbonyl (C=O) groups excluding carboxylic acids is 1. The Bertz CT molecular complexity index is 824. The summed E-state index contributed by atoms with van der Waals surface area (Å²) in [6, 6.07) is 2.15. The Hall–Kier alpha value is -1.78. The molecule has 0 aromatic carbocycles. The van der Waals surface area contributed by atoms with Crippen molar-refractivity contribution in [3.8, 4) is 11.4 Å². The molecule has 0 spiro atoms. The van der Waals surface area contributed by atoms with E-state index in [0.29, 0.717) is 16.2 Å². The lowest BCUT2D eigenvalue weighted by Crippen LogP contribution is -2.14. The van der Waals surface area contributed by atoms with E-state index in [2.05, 4.69) is 51.0 Å². The molecule has 0 unspecified atom stereocenters. The van der Waals surface area contributed by atoms with Crippen LogP contribution in [0.4, 0.5) is 5.13 Å². The number of thiophene rings is 1. The molecule has 0 radical (unpaired) electrons. The van der Waals surface area contributed by atoms with Crippen LogP contribution in [0, 0.1) is 0 Å². The van der Waals surface area contributed by atoms with Gasteiger partial charge in [-0.2, -0.15) is 0 Å². The van der Waals surface area contributed by atoms with E-state index in [1.807, 2.05) is 11.6 Å². The first-order chi connectivity index (χ1) is 11.5. The third-order valence-corrected chi connectivity index (χ3v) is 6.08. The molecule has 7 nitrogen and oxygen atoms in total. The van der Waals surface area contributed by atoms with Gasteiger partial charge >= 0.3 is 0 Å². The fraction of sp³-hybridized carbons (Fsp3) is 0.357. The molecule has 3 aromatic heterocycles. The average molecular weight is 381 g/mol. The van der Waals surface area contributed by atoms with Gasteiger partial charge in [-0.3, -0.25) is 10.1 Å². The maximum absolute atomic E-state index is 11.9. The summed E-state index contributed by atoms with van der Waals surface area (Å²) >= 11 is 4.36. The van der Waals surface area contributed by atoms with Crippen LogP contribution in [0.25, 0.3) is 11.4 Å². The molecule has 10 heteroatoms. The standard InChI is InChI=1S/C14H16N6OS3/c1-8(2)10-4-9(5-22-10)12-17-19-14(20(12)3)23-6-11(21)16-13-18-15-7-24-13/h4-5,7-8H,6H2,1-3H3,(H,16,18,21). The van der Waals surface area contributed by atoms with E-state index in [-0.39, 0.29) is 11.7 Å². The van der Waals surface area contributed by atoms with E-state index in [0.717, 1.165) is 11.4 Å². The van der Waals surface area contributed by atoms with Crippen molar-refractivity contribution in [2.24, 2.45) is 7.05 Å². The number of hydrogen-bond donors (Lipinski definition) is 1. The van der Waals surface area contributed by atoms with Crippen LogP contribution in [-0.2, 0) is 11.8 Å². The highest BCUT2D eigenvalue weighted by Crippen LogP contribution is 2.30. The highest BCUT2D eigenvalue weighted by Gasteiger charge is 2.15. The summed E-state index contributed by atoms with van der Waals surface area (Å²) in [5, 5.41) is 21.9. The first kappa shape index (κ1) is 17.1. The molecule has 1 N–H and O–H groups in total. The lowest BCUT2D eigenvalue weighted by Gasteiger charge is -2.03. The van der Waals surface area contributed by atoms with E-state index in [1.54, 1.807) is 16.8 Å². The van der Waals surface area contributed by atoms with Gasteiger partial charge < -0.3 is 4.57 Å². The van der Waals surface area contributed by atoms with E-state index in [4.69, 9.17) is 0 Å². The normalized spacial score (nSPS) is 11.2. The van der Waals surface area contributed by atoms with Gasteiger partial charge in [-0.1, -0.05) is 36.9 Å². The fourth-order valence-corrected chi connectivity index (χ4v) is 4.05. The molecule has 0 saturated heterocycles. The molecule has 0 saturated carbocycles. The summed E-state index contributed by atoms with van der Waals surface area (Å²) in [6.45, 7) is 4.34. The fourth-order valence-electron chi connectivity index (χ4n) is 1.98. The van der Waals surface area contributed by atoms with Crippen LogP contribution < -0.4 is 5.32 Å². The zero-order valence-electron chi connectivity index (χ0n) is 13.4. The number of nitrogens with one attached hydrogen (secondary N) is 1. The molecule has 3 aromatic rings. The highest BCUT2D eigenvalue weighted by molar-refractivity contribution is 7.99. The van der Waals surface area contributed by atoms with Crippen LogP contribution in [0.2, 0.25) is 0 Å². The second-order valence-electron chi connectivity index (χ2n) is 5.34.